The molecule has 1 N–H and O–H groups in total. The summed E-state index contributed by atoms with van der Waals surface area (Å²) in [5.41, 5.74) is 0.229. The Kier molecular flexibility index (Phi) is 8.23. The number of piperidine rings is 1. The Bertz CT molecular complexity index is 1220. The smallest absolute Gasteiger partial charge is 0.264 e. The molecule has 10 heteroatoms. The number of likely N-dealkylation sites (tertiary alicyclic amines) is 1. The molecule has 7 nitrogen and oxygen atoms in total. The van der Waals surface area contributed by atoms with E-state index in [4.69, 9.17) is 33.2 Å². The van der Waals surface area contributed by atoms with Crippen molar-refractivity contribution in [2.45, 2.75) is 55.6 Å². The molecule has 0 bridgehead atoms. The number of amides is 1. The summed E-state index contributed by atoms with van der Waals surface area (Å²) < 4.78 is 33.4. The van der Waals surface area contributed by atoms with Crippen LogP contribution in [0, 0.1) is 17.2 Å². The summed E-state index contributed by atoms with van der Waals surface area (Å²) in [5.74, 6) is -0.0890. The van der Waals surface area contributed by atoms with Gasteiger partial charge in [-0.05, 0) is 68.9 Å². The Hall–Kier alpha value is -2.31. The van der Waals surface area contributed by atoms with Crippen LogP contribution in [0.5, 0.6) is 5.75 Å². The summed E-state index contributed by atoms with van der Waals surface area (Å²) in [6, 6.07) is 13.2. The van der Waals surface area contributed by atoms with Crippen LogP contribution >= 0.6 is 23.2 Å². The molecule has 1 saturated heterocycles. The third-order valence-electron chi connectivity index (χ3n) is 6.76. The second-order valence-electron chi connectivity index (χ2n) is 9.04. The van der Waals surface area contributed by atoms with Gasteiger partial charge in [0.05, 0.1) is 26.6 Å². The molecule has 2 aliphatic rings. The van der Waals surface area contributed by atoms with Gasteiger partial charge in [-0.3, -0.25) is 4.79 Å². The summed E-state index contributed by atoms with van der Waals surface area (Å²) in [7, 11) is -4.00. The van der Waals surface area contributed by atoms with Crippen molar-refractivity contribution < 1.29 is 17.9 Å². The molecule has 1 amide bonds. The van der Waals surface area contributed by atoms with Gasteiger partial charge in [-0.1, -0.05) is 29.3 Å². The number of nitriles is 1. The van der Waals surface area contributed by atoms with Crippen molar-refractivity contribution in [2.75, 3.05) is 13.1 Å². The fourth-order valence-electron chi connectivity index (χ4n) is 4.81. The maximum atomic E-state index is 12.7. The highest BCUT2D eigenvalue weighted by molar-refractivity contribution is 7.90. The zero-order valence-corrected chi connectivity index (χ0v) is 21.5. The first-order chi connectivity index (χ1) is 16.7. The van der Waals surface area contributed by atoms with Gasteiger partial charge in [0.2, 0.25) is 5.91 Å². The zero-order chi connectivity index (χ0) is 25.0. The molecule has 1 heterocycles. The van der Waals surface area contributed by atoms with E-state index in [1.54, 1.807) is 12.1 Å². The summed E-state index contributed by atoms with van der Waals surface area (Å²) in [4.78, 5) is 15.1. The number of carbonyl (C=O) groups is 1. The molecule has 0 radical (unpaired) electrons. The third kappa shape index (κ3) is 6.47. The molecule has 0 spiro atoms. The number of nitrogens with zero attached hydrogens (tertiary/aromatic N) is 2. The van der Waals surface area contributed by atoms with Gasteiger partial charge in [0.25, 0.3) is 10.0 Å². The topological polar surface area (TPSA) is 99.5 Å². The number of sulfonamides is 1. The zero-order valence-electron chi connectivity index (χ0n) is 19.1. The SMILES string of the molecule is N#Cc1cccc(S(=O)(=O)NC(=O)C2CCC(N3CCC(Oc4ccc(Cl)c(Cl)c4)CC3)CC2)c1. The van der Waals surface area contributed by atoms with E-state index in [2.05, 4.69) is 9.62 Å². The molecule has 0 atom stereocenters. The number of carbonyl (C=O) groups excluding carboxylic acids is 1. The summed E-state index contributed by atoms with van der Waals surface area (Å²) >= 11 is 12.0. The van der Waals surface area contributed by atoms with Crippen molar-refractivity contribution in [3.63, 3.8) is 0 Å². The van der Waals surface area contributed by atoms with Crippen molar-refractivity contribution in [1.82, 2.24) is 9.62 Å². The largest absolute Gasteiger partial charge is 0.490 e. The van der Waals surface area contributed by atoms with Crippen LogP contribution in [0.1, 0.15) is 44.1 Å². The molecule has 1 saturated carbocycles. The van der Waals surface area contributed by atoms with Crippen LogP contribution < -0.4 is 9.46 Å². The van der Waals surface area contributed by atoms with Crippen LogP contribution in [0.25, 0.3) is 0 Å². The van der Waals surface area contributed by atoms with Crippen LogP contribution in [-0.4, -0.2) is 44.5 Å². The minimum atomic E-state index is -4.00. The standard InChI is InChI=1S/C25H27Cl2N3O4S/c26-23-9-8-21(15-24(23)27)34-20-10-12-30(13-11-20)19-6-4-18(5-7-19)25(31)29-35(32,33)22-3-1-2-17(14-22)16-28/h1-3,8-9,14-15,18-20H,4-7,10-13H2,(H,29,31). The van der Waals surface area contributed by atoms with Gasteiger partial charge in [-0.2, -0.15) is 5.26 Å². The van der Waals surface area contributed by atoms with Crippen molar-refractivity contribution in [3.05, 3.63) is 58.1 Å². The molecule has 186 valence electrons. The molecule has 4 rings (SSSR count). The van der Waals surface area contributed by atoms with E-state index < -0.39 is 15.9 Å². The molecule has 2 fully saturated rings. The quantitative estimate of drug-likeness (QED) is 0.571. The van der Waals surface area contributed by atoms with Gasteiger partial charge >= 0.3 is 0 Å². The van der Waals surface area contributed by atoms with Crippen LogP contribution in [-0.2, 0) is 14.8 Å². The lowest BCUT2D eigenvalue weighted by Crippen LogP contribution is -2.46. The lowest BCUT2D eigenvalue weighted by atomic mass is 9.84. The maximum absolute atomic E-state index is 12.7. The molecular formula is C25H27Cl2N3O4S. The number of benzene rings is 2. The van der Waals surface area contributed by atoms with E-state index >= 15 is 0 Å². The van der Waals surface area contributed by atoms with Gasteiger partial charge < -0.3 is 9.64 Å². The number of rotatable bonds is 6. The molecule has 1 aliphatic carbocycles. The van der Waals surface area contributed by atoms with Crippen LogP contribution in [0.4, 0.5) is 0 Å². The fraction of sp³-hybridized carbons (Fsp3) is 0.440. The number of hydrogen-bond donors (Lipinski definition) is 1. The van der Waals surface area contributed by atoms with Crippen molar-refractivity contribution >= 4 is 39.1 Å². The first-order valence-electron chi connectivity index (χ1n) is 11.7. The van der Waals surface area contributed by atoms with E-state index in [1.165, 1.54) is 24.3 Å². The first kappa shape index (κ1) is 25.8. The number of halogens is 2. The highest BCUT2D eigenvalue weighted by Gasteiger charge is 2.33. The Morgan fingerprint density at radius 1 is 1.00 bits per heavy atom. The molecule has 1 aliphatic heterocycles. The Labute approximate surface area is 216 Å². The van der Waals surface area contributed by atoms with Gasteiger partial charge in [0, 0.05) is 31.1 Å². The van der Waals surface area contributed by atoms with E-state index in [1.807, 2.05) is 12.1 Å². The van der Waals surface area contributed by atoms with Gasteiger partial charge in [0.1, 0.15) is 11.9 Å². The van der Waals surface area contributed by atoms with Crippen molar-refractivity contribution in [1.29, 1.82) is 5.26 Å². The van der Waals surface area contributed by atoms with Gasteiger partial charge in [0.15, 0.2) is 0 Å². The predicted molar refractivity (Wildman–Crippen MR) is 134 cm³/mol. The Balaban J connectivity index is 1.24. The van der Waals surface area contributed by atoms with E-state index in [-0.39, 0.29) is 22.5 Å². The fourth-order valence-corrected chi connectivity index (χ4v) is 6.19. The minimum absolute atomic E-state index is 0.0791. The highest BCUT2D eigenvalue weighted by atomic mass is 35.5. The molecular weight excluding hydrogens is 509 g/mol. The summed E-state index contributed by atoms with van der Waals surface area (Å²) in [5, 5.41) is 9.97. The highest BCUT2D eigenvalue weighted by Crippen LogP contribution is 2.32. The Morgan fingerprint density at radius 3 is 2.37 bits per heavy atom. The lowest BCUT2D eigenvalue weighted by Gasteiger charge is -2.40. The lowest BCUT2D eigenvalue weighted by molar-refractivity contribution is -0.124. The van der Waals surface area contributed by atoms with Crippen molar-refractivity contribution in [3.8, 4) is 11.8 Å². The monoisotopic (exact) mass is 535 g/mol. The van der Waals surface area contributed by atoms with Crippen LogP contribution in [0.15, 0.2) is 47.4 Å². The molecule has 2 aromatic rings. The normalized spacial score (nSPS) is 21.7. The summed E-state index contributed by atoms with van der Waals surface area (Å²) in [6.45, 7) is 1.83. The first-order valence-corrected chi connectivity index (χ1v) is 13.9. The van der Waals surface area contributed by atoms with Crippen molar-refractivity contribution in [2.24, 2.45) is 5.92 Å². The van der Waals surface area contributed by atoms with E-state index in [0.717, 1.165) is 44.5 Å². The number of ether oxygens (including phenoxy) is 1. The number of hydrogen-bond acceptors (Lipinski definition) is 6. The molecule has 0 aromatic heterocycles. The van der Waals surface area contributed by atoms with Gasteiger partial charge in [-0.15, -0.1) is 0 Å². The van der Waals surface area contributed by atoms with Gasteiger partial charge in [-0.25, -0.2) is 13.1 Å². The van der Waals surface area contributed by atoms with E-state index in [0.29, 0.717) is 28.9 Å². The third-order valence-corrected chi connectivity index (χ3v) is 8.85. The van der Waals surface area contributed by atoms with Crippen LogP contribution in [0.2, 0.25) is 10.0 Å². The maximum Gasteiger partial charge on any atom is 0.264 e. The summed E-state index contributed by atoms with van der Waals surface area (Å²) in [6.07, 6.45) is 4.91. The second kappa shape index (κ2) is 11.2. The van der Waals surface area contributed by atoms with E-state index in [9.17, 15) is 13.2 Å². The van der Waals surface area contributed by atoms with Crippen LogP contribution in [0.3, 0.4) is 0 Å². The number of nitrogens with one attached hydrogen (secondary N) is 1. The predicted octanol–water partition coefficient (Wildman–Crippen LogP) is 4.77. The average molecular weight is 536 g/mol. The molecule has 0 unspecified atom stereocenters. The molecule has 2 aromatic carbocycles. The Morgan fingerprint density at radius 2 is 1.71 bits per heavy atom. The molecule has 35 heavy (non-hydrogen) atoms. The second-order valence-corrected chi connectivity index (χ2v) is 11.5. The average Bonchev–Trinajstić information content (AvgIpc) is 2.86. The minimum Gasteiger partial charge on any atom is -0.490 e.